The van der Waals surface area contributed by atoms with Crippen molar-refractivity contribution in [2.75, 3.05) is 13.1 Å². The Balaban J connectivity index is 0.00000108. The predicted molar refractivity (Wildman–Crippen MR) is 72.1 cm³/mol. The van der Waals surface area contributed by atoms with Crippen LogP contribution in [0.2, 0.25) is 10.0 Å². The normalized spacial score (nSPS) is 21.1. The number of aliphatic imine (C=N–C) groups is 1. The largest absolute Gasteiger partial charge is 0.480 e. The molecule has 2 aliphatic rings. The van der Waals surface area contributed by atoms with Crippen molar-refractivity contribution in [1.82, 2.24) is 5.32 Å². The van der Waals surface area contributed by atoms with Gasteiger partial charge in [-0.3, -0.25) is 4.99 Å². The van der Waals surface area contributed by atoms with E-state index in [-0.39, 0.29) is 18.5 Å². The Morgan fingerprint density at radius 3 is 2.88 bits per heavy atom. The van der Waals surface area contributed by atoms with E-state index >= 15 is 0 Å². The molecule has 6 heteroatoms. The second kappa shape index (κ2) is 4.92. The fourth-order valence-electron chi connectivity index (χ4n) is 2.03. The monoisotopic (exact) mass is 292 g/mol. The van der Waals surface area contributed by atoms with E-state index in [1.165, 1.54) is 0 Å². The van der Waals surface area contributed by atoms with Crippen LogP contribution in [0.15, 0.2) is 17.1 Å². The van der Waals surface area contributed by atoms with Crippen LogP contribution in [-0.2, 0) is 6.42 Å². The van der Waals surface area contributed by atoms with Crippen molar-refractivity contribution in [3.8, 4) is 5.75 Å². The molecule has 0 saturated heterocycles. The zero-order chi connectivity index (χ0) is 11.1. The lowest BCUT2D eigenvalue weighted by atomic mass is 10.1. The van der Waals surface area contributed by atoms with Crippen molar-refractivity contribution in [2.24, 2.45) is 4.99 Å². The minimum absolute atomic E-state index is 0. The number of ether oxygens (including phenoxy) is 1. The number of nitrogens with zero attached hydrogens (tertiary/aromatic N) is 1. The lowest BCUT2D eigenvalue weighted by Gasteiger charge is -2.11. The number of fused-ring (bicyclic) bond motifs is 1. The molecule has 2 aliphatic heterocycles. The fourth-order valence-corrected chi connectivity index (χ4v) is 2.41. The molecule has 3 nitrogen and oxygen atoms in total. The Hall–Kier alpha value is -0.640. The van der Waals surface area contributed by atoms with Gasteiger partial charge in [0.2, 0.25) is 0 Å². The van der Waals surface area contributed by atoms with Crippen LogP contribution in [0, 0.1) is 0 Å². The van der Waals surface area contributed by atoms with Gasteiger partial charge in [0.1, 0.15) is 16.6 Å². The Labute approximate surface area is 116 Å². The molecule has 1 N–H and O–H groups in total. The first-order valence-corrected chi connectivity index (χ1v) is 5.93. The first kappa shape index (κ1) is 12.8. The van der Waals surface area contributed by atoms with Gasteiger partial charge in [0.15, 0.2) is 6.10 Å². The number of benzene rings is 1. The molecule has 0 saturated carbocycles. The predicted octanol–water partition coefficient (Wildman–Crippen LogP) is 2.72. The Bertz CT molecular complexity index is 476. The molecule has 3 rings (SSSR count). The van der Waals surface area contributed by atoms with Crippen molar-refractivity contribution in [1.29, 1.82) is 0 Å². The molecule has 1 unspecified atom stereocenters. The number of halogens is 3. The fraction of sp³-hybridized carbons (Fsp3) is 0.364. The summed E-state index contributed by atoms with van der Waals surface area (Å²) in [5.41, 5.74) is 1.09. The van der Waals surface area contributed by atoms with E-state index in [1.807, 2.05) is 6.07 Å². The first-order valence-electron chi connectivity index (χ1n) is 5.17. The third-order valence-corrected chi connectivity index (χ3v) is 3.59. The van der Waals surface area contributed by atoms with E-state index < -0.39 is 0 Å². The molecule has 0 aromatic heterocycles. The summed E-state index contributed by atoms with van der Waals surface area (Å²) in [7, 11) is 0. The summed E-state index contributed by atoms with van der Waals surface area (Å²) >= 11 is 12.0. The molecule has 0 aliphatic carbocycles. The lowest BCUT2D eigenvalue weighted by Crippen LogP contribution is -2.34. The SMILES string of the molecule is Cl.Clc1ccc2c(c1Cl)OC(C1=NCCN1)C2. The molecule has 0 radical (unpaired) electrons. The Morgan fingerprint density at radius 1 is 1.35 bits per heavy atom. The third kappa shape index (κ3) is 2.19. The molecular formula is C11H11Cl3N2O. The van der Waals surface area contributed by atoms with E-state index in [9.17, 15) is 0 Å². The zero-order valence-electron chi connectivity index (χ0n) is 8.87. The van der Waals surface area contributed by atoms with E-state index in [1.54, 1.807) is 6.07 Å². The minimum Gasteiger partial charge on any atom is -0.480 e. The summed E-state index contributed by atoms with van der Waals surface area (Å²) in [6.07, 6.45) is 0.770. The third-order valence-electron chi connectivity index (χ3n) is 2.80. The highest BCUT2D eigenvalue weighted by molar-refractivity contribution is 6.43. The van der Waals surface area contributed by atoms with Gasteiger partial charge in [0, 0.05) is 13.0 Å². The minimum atomic E-state index is -0.0338. The summed E-state index contributed by atoms with van der Waals surface area (Å²) in [6.45, 7) is 1.71. The summed E-state index contributed by atoms with van der Waals surface area (Å²) in [5.74, 6) is 1.62. The van der Waals surface area contributed by atoms with Crippen LogP contribution in [0.5, 0.6) is 5.75 Å². The number of nitrogens with one attached hydrogen (secondary N) is 1. The standard InChI is InChI=1S/C11H10Cl2N2O.ClH/c12-7-2-1-6-5-8(11-14-3-4-15-11)16-10(6)9(7)13;/h1-2,8H,3-5H2,(H,14,15);1H. The van der Waals surface area contributed by atoms with E-state index in [2.05, 4.69) is 10.3 Å². The Morgan fingerprint density at radius 2 is 2.18 bits per heavy atom. The Kier molecular flexibility index (Phi) is 3.71. The quantitative estimate of drug-likeness (QED) is 0.864. The number of hydrogen-bond acceptors (Lipinski definition) is 3. The molecule has 0 bridgehead atoms. The van der Waals surface area contributed by atoms with Crippen LogP contribution in [0.25, 0.3) is 0 Å². The lowest BCUT2D eigenvalue weighted by molar-refractivity contribution is 0.298. The van der Waals surface area contributed by atoms with Gasteiger partial charge in [-0.15, -0.1) is 12.4 Å². The van der Waals surface area contributed by atoms with Crippen molar-refractivity contribution < 1.29 is 4.74 Å². The number of amidine groups is 1. The van der Waals surface area contributed by atoms with Crippen LogP contribution in [-0.4, -0.2) is 25.0 Å². The molecule has 2 heterocycles. The average molecular weight is 294 g/mol. The molecule has 0 fully saturated rings. The van der Waals surface area contributed by atoms with Crippen molar-refractivity contribution in [3.63, 3.8) is 0 Å². The van der Waals surface area contributed by atoms with Crippen molar-refractivity contribution >= 4 is 41.4 Å². The second-order valence-corrected chi connectivity index (χ2v) is 4.64. The van der Waals surface area contributed by atoms with Gasteiger partial charge in [-0.05, 0) is 11.6 Å². The first-order chi connectivity index (χ1) is 7.75. The summed E-state index contributed by atoms with van der Waals surface area (Å²) in [4.78, 5) is 4.36. The maximum absolute atomic E-state index is 6.09. The van der Waals surface area contributed by atoms with Crippen molar-refractivity contribution in [2.45, 2.75) is 12.5 Å². The second-order valence-electron chi connectivity index (χ2n) is 3.85. The maximum Gasteiger partial charge on any atom is 0.159 e. The van der Waals surface area contributed by atoms with E-state index in [0.717, 1.165) is 30.9 Å². The molecule has 92 valence electrons. The molecule has 17 heavy (non-hydrogen) atoms. The molecule has 1 aromatic rings. The molecule has 0 spiro atoms. The van der Waals surface area contributed by atoms with Crippen molar-refractivity contribution in [3.05, 3.63) is 27.7 Å². The van der Waals surface area contributed by atoms with Gasteiger partial charge >= 0.3 is 0 Å². The highest BCUT2D eigenvalue weighted by atomic mass is 35.5. The van der Waals surface area contributed by atoms with Crippen LogP contribution in [0.3, 0.4) is 0 Å². The summed E-state index contributed by atoms with van der Waals surface area (Å²) in [5, 5.41) is 4.25. The molecule has 1 atom stereocenters. The topological polar surface area (TPSA) is 33.6 Å². The number of hydrogen-bond donors (Lipinski definition) is 1. The molecule has 0 amide bonds. The molecule has 1 aromatic carbocycles. The summed E-state index contributed by atoms with van der Waals surface area (Å²) < 4.78 is 5.79. The van der Waals surface area contributed by atoms with Crippen LogP contribution >= 0.6 is 35.6 Å². The number of rotatable bonds is 1. The van der Waals surface area contributed by atoms with Gasteiger partial charge < -0.3 is 10.1 Å². The van der Waals surface area contributed by atoms with Gasteiger partial charge in [-0.1, -0.05) is 29.3 Å². The molecular weight excluding hydrogens is 282 g/mol. The van der Waals surface area contributed by atoms with Gasteiger partial charge in [0.05, 0.1) is 11.6 Å². The van der Waals surface area contributed by atoms with Gasteiger partial charge in [-0.2, -0.15) is 0 Å². The van der Waals surface area contributed by atoms with Crippen LogP contribution in [0.1, 0.15) is 5.56 Å². The highest BCUT2D eigenvalue weighted by Crippen LogP contribution is 2.40. The van der Waals surface area contributed by atoms with E-state index in [4.69, 9.17) is 27.9 Å². The van der Waals surface area contributed by atoms with Gasteiger partial charge in [-0.25, -0.2) is 0 Å². The van der Waals surface area contributed by atoms with Crippen LogP contribution in [0.4, 0.5) is 0 Å². The van der Waals surface area contributed by atoms with E-state index in [0.29, 0.717) is 15.8 Å². The smallest absolute Gasteiger partial charge is 0.159 e. The average Bonchev–Trinajstić information content (AvgIpc) is 2.91. The van der Waals surface area contributed by atoms with Crippen LogP contribution < -0.4 is 10.1 Å². The maximum atomic E-state index is 6.09. The zero-order valence-corrected chi connectivity index (χ0v) is 11.2. The van der Waals surface area contributed by atoms with Gasteiger partial charge in [0.25, 0.3) is 0 Å². The summed E-state index contributed by atoms with van der Waals surface area (Å²) in [6, 6.07) is 3.76. The highest BCUT2D eigenvalue weighted by Gasteiger charge is 2.30.